The van der Waals surface area contributed by atoms with Crippen LogP contribution in [0.25, 0.3) is 6.08 Å². The van der Waals surface area contributed by atoms with Gasteiger partial charge in [0.15, 0.2) is 18.1 Å². The molecule has 1 aliphatic heterocycles. The Morgan fingerprint density at radius 1 is 1.26 bits per heavy atom. The van der Waals surface area contributed by atoms with Crippen molar-refractivity contribution in [3.05, 3.63) is 29.3 Å². The number of hydrogen-bond donors (Lipinski definition) is 1. The third-order valence-corrected chi connectivity index (χ3v) is 4.61. The van der Waals surface area contributed by atoms with E-state index in [1.54, 1.807) is 18.2 Å². The van der Waals surface area contributed by atoms with E-state index in [0.717, 1.165) is 30.6 Å². The van der Waals surface area contributed by atoms with E-state index in [0.29, 0.717) is 17.1 Å². The van der Waals surface area contributed by atoms with Gasteiger partial charge in [0.1, 0.15) is 11.6 Å². The lowest BCUT2D eigenvalue weighted by Crippen LogP contribution is -2.57. The van der Waals surface area contributed by atoms with Crippen molar-refractivity contribution in [2.24, 2.45) is 0 Å². The van der Waals surface area contributed by atoms with Gasteiger partial charge in [0.2, 0.25) is 0 Å². The van der Waals surface area contributed by atoms with E-state index >= 15 is 0 Å². The molecular formula is C19H19N3O5. The smallest absolute Gasteiger partial charge is 0.331 e. The normalized spacial score (nSPS) is 19.2. The predicted molar refractivity (Wildman–Crippen MR) is 94.7 cm³/mol. The topological polar surface area (TPSA) is 109 Å². The Morgan fingerprint density at radius 2 is 2.00 bits per heavy atom. The Bertz CT molecular complexity index is 849. The maximum Gasteiger partial charge on any atom is 0.331 e. The molecule has 1 aromatic rings. The molecule has 1 saturated carbocycles. The van der Waals surface area contributed by atoms with Crippen molar-refractivity contribution >= 4 is 23.9 Å². The van der Waals surface area contributed by atoms with Crippen molar-refractivity contribution in [2.75, 3.05) is 13.7 Å². The van der Waals surface area contributed by atoms with Crippen molar-refractivity contribution in [3.63, 3.8) is 0 Å². The molecule has 0 spiro atoms. The molecule has 1 N–H and O–H groups in total. The van der Waals surface area contributed by atoms with Gasteiger partial charge < -0.3 is 9.47 Å². The number of imide groups is 2. The number of rotatable bonds is 5. The Morgan fingerprint density at radius 3 is 2.67 bits per heavy atom. The summed E-state index contributed by atoms with van der Waals surface area (Å²) in [4.78, 5) is 38.3. The molecule has 2 aliphatic rings. The Hall–Kier alpha value is -3.34. The zero-order valence-electron chi connectivity index (χ0n) is 14.9. The summed E-state index contributed by atoms with van der Waals surface area (Å²) in [5.41, 5.74) is 0.435. The predicted octanol–water partition coefficient (Wildman–Crippen LogP) is 2.00. The quantitative estimate of drug-likeness (QED) is 0.628. The van der Waals surface area contributed by atoms with Crippen molar-refractivity contribution in [1.29, 1.82) is 5.26 Å². The maximum atomic E-state index is 12.8. The molecule has 2 fully saturated rings. The van der Waals surface area contributed by atoms with E-state index in [1.165, 1.54) is 13.2 Å². The second kappa shape index (κ2) is 7.91. The first kappa shape index (κ1) is 18.5. The van der Waals surface area contributed by atoms with Gasteiger partial charge in [-0.3, -0.25) is 19.8 Å². The zero-order valence-corrected chi connectivity index (χ0v) is 14.9. The number of nitrogens with one attached hydrogen (secondary N) is 1. The average Bonchev–Trinajstić information content (AvgIpc) is 3.17. The summed E-state index contributed by atoms with van der Waals surface area (Å²) in [5.74, 6) is -0.558. The molecule has 8 heteroatoms. The number of carbonyl (C=O) groups is 3. The van der Waals surface area contributed by atoms with Crippen molar-refractivity contribution in [2.45, 2.75) is 31.7 Å². The van der Waals surface area contributed by atoms with E-state index < -0.39 is 17.8 Å². The highest BCUT2D eigenvalue weighted by Gasteiger charge is 2.40. The second-order valence-electron chi connectivity index (χ2n) is 6.29. The summed E-state index contributed by atoms with van der Waals surface area (Å²) in [5, 5.41) is 10.9. The van der Waals surface area contributed by atoms with E-state index in [9.17, 15) is 14.4 Å². The first-order chi connectivity index (χ1) is 13.0. The summed E-state index contributed by atoms with van der Waals surface area (Å²) < 4.78 is 10.5. The monoisotopic (exact) mass is 369 g/mol. The number of urea groups is 1. The molecular weight excluding hydrogens is 350 g/mol. The van der Waals surface area contributed by atoms with E-state index in [1.807, 2.05) is 6.07 Å². The lowest BCUT2D eigenvalue weighted by Gasteiger charge is -2.31. The fraction of sp³-hybridized carbons (Fsp3) is 0.368. The number of ether oxygens (including phenoxy) is 2. The van der Waals surface area contributed by atoms with Crippen molar-refractivity contribution in [3.8, 4) is 17.6 Å². The molecule has 1 aliphatic carbocycles. The third kappa shape index (κ3) is 3.77. The van der Waals surface area contributed by atoms with E-state index in [4.69, 9.17) is 14.7 Å². The van der Waals surface area contributed by atoms with Gasteiger partial charge in [-0.15, -0.1) is 0 Å². The average molecular weight is 369 g/mol. The molecule has 0 atom stereocenters. The van der Waals surface area contributed by atoms with Crippen LogP contribution >= 0.6 is 0 Å². The van der Waals surface area contributed by atoms with Gasteiger partial charge in [-0.1, -0.05) is 18.9 Å². The fourth-order valence-corrected chi connectivity index (χ4v) is 3.34. The van der Waals surface area contributed by atoms with Crippen LogP contribution in [0.4, 0.5) is 4.79 Å². The van der Waals surface area contributed by atoms with Crippen LogP contribution in [0.5, 0.6) is 11.5 Å². The first-order valence-corrected chi connectivity index (χ1v) is 8.63. The number of nitrogens with zero attached hydrogens (tertiary/aromatic N) is 2. The van der Waals surface area contributed by atoms with Gasteiger partial charge >= 0.3 is 6.03 Å². The third-order valence-electron chi connectivity index (χ3n) is 4.61. The molecule has 27 heavy (non-hydrogen) atoms. The van der Waals surface area contributed by atoms with Crippen LogP contribution in [-0.4, -0.2) is 42.5 Å². The number of barbiturate groups is 1. The maximum absolute atomic E-state index is 12.8. The lowest BCUT2D eigenvalue weighted by atomic mass is 10.0. The number of hydrogen-bond acceptors (Lipinski definition) is 6. The molecule has 1 aromatic carbocycles. The van der Waals surface area contributed by atoms with Crippen LogP contribution in [0.3, 0.4) is 0 Å². The van der Waals surface area contributed by atoms with Crippen LogP contribution < -0.4 is 14.8 Å². The molecule has 0 bridgehead atoms. The van der Waals surface area contributed by atoms with Crippen LogP contribution in [0.15, 0.2) is 23.8 Å². The van der Waals surface area contributed by atoms with E-state index in [-0.39, 0.29) is 18.2 Å². The van der Waals surface area contributed by atoms with Crippen LogP contribution in [-0.2, 0) is 9.59 Å². The summed E-state index contributed by atoms with van der Waals surface area (Å²) in [6, 6.07) is 5.86. The standard InChI is InChI=1S/C19H19N3O5/c1-26-16-11-12(6-7-15(16)27-9-8-20)10-14-17(23)21-19(25)22(18(14)24)13-4-2-3-5-13/h6-7,10-11,13H,2-5,9H2,1H3,(H,21,23,25)/b14-10+. The minimum Gasteiger partial charge on any atom is -0.493 e. The number of nitriles is 1. The van der Waals surface area contributed by atoms with Crippen molar-refractivity contribution < 1.29 is 23.9 Å². The molecule has 1 heterocycles. The van der Waals surface area contributed by atoms with Crippen LogP contribution in [0.2, 0.25) is 0 Å². The van der Waals surface area contributed by atoms with Crippen molar-refractivity contribution in [1.82, 2.24) is 10.2 Å². The van der Waals surface area contributed by atoms with Crippen LogP contribution in [0, 0.1) is 11.3 Å². The Kier molecular flexibility index (Phi) is 5.41. The number of benzene rings is 1. The summed E-state index contributed by atoms with van der Waals surface area (Å²) in [7, 11) is 1.45. The molecule has 0 unspecified atom stereocenters. The van der Waals surface area contributed by atoms with Gasteiger partial charge in [0, 0.05) is 6.04 Å². The molecule has 0 aromatic heterocycles. The Labute approximate surface area is 156 Å². The highest BCUT2D eigenvalue weighted by molar-refractivity contribution is 6.31. The number of methoxy groups -OCH3 is 1. The lowest BCUT2D eigenvalue weighted by molar-refractivity contribution is -0.131. The second-order valence-corrected chi connectivity index (χ2v) is 6.29. The fourth-order valence-electron chi connectivity index (χ4n) is 3.34. The number of carbonyl (C=O) groups excluding carboxylic acids is 3. The van der Waals surface area contributed by atoms with E-state index in [2.05, 4.69) is 5.32 Å². The summed E-state index contributed by atoms with van der Waals surface area (Å²) in [6.45, 7) is -0.129. The molecule has 4 amide bonds. The van der Waals surface area contributed by atoms with Gasteiger partial charge in [-0.05, 0) is 36.6 Å². The highest BCUT2D eigenvalue weighted by atomic mass is 16.5. The molecule has 1 saturated heterocycles. The minimum atomic E-state index is -0.719. The van der Waals surface area contributed by atoms with Gasteiger partial charge in [-0.2, -0.15) is 5.26 Å². The minimum absolute atomic E-state index is 0.103. The molecule has 140 valence electrons. The highest BCUT2D eigenvalue weighted by Crippen LogP contribution is 2.30. The molecule has 8 nitrogen and oxygen atoms in total. The summed E-state index contributed by atoms with van der Waals surface area (Å²) in [6.07, 6.45) is 4.83. The van der Waals surface area contributed by atoms with Crippen LogP contribution in [0.1, 0.15) is 31.2 Å². The van der Waals surface area contributed by atoms with Gasteiger partial charge in [-0.25, -0.2) is 4.79 Å². The Balaban J connectivity index is 1.90. The number of amides is 4. The zero-order chi connectivity index (χ0) is 19.4. The molecule has 0 radical (unpaired) electrons. The first-order valence-electron chi connectivity index (χ1n) is 8.63. The van der Waals surface area contributed by atoms with Gasteiger partial charge in [0.05, 0.1) is 7.11 Å². The van der Waals surface area contributed by atoms with Gasteiger partial charge in [0.25, 0.3) is 11.8 Å². The summed E-state index contributed by atoms with van der Waals surface area (Å²) >= 11 is 0. The SMILES string of the molecule is COc1cc(/C=C2\C(=O)NC(=O)N(C3CCCC3)C2=O)ccc1OCC#N. The molecule has 3 rings (SSSR count). The largest absolute Gasteiger partial charge is 0.493 e.